The standard InChI is InChI=1S/C14H18O2/c1-12(10-11-14(15)16)6-5-9-13-7-3-2-4-8-13/h2-4,7-8,10H,5-6,9,11H2,1H3,(H,15,16)/b12-10+. The van der Waals surface area contributed by atoms with Crippen molar-refractivity contribution in [1.29, 1.82) is 0 Å². The molecular formula is C14H18O2. The third kappa shape index (κ3) is 5.35. The zero-order valence-electron chi connectivity index (χ0n) is 9.65. The molecule has 0 amide bonds. The lowest BCUT2D eigenvalue weighted by Crippen LogP contribution is -1.92. The molecule has 1 aromatic carbocycles. The Bertz CT molecular complexity index is 352. The maximum atomic E-state index is 10.4. The monoisotopic (exact) mass is 218 g/mol. The molecule has 0 unspecified atom stereocenters. The lowest BCUT2D eigenvalue weighted by Gasteiger charge is -2.02. The van der Waals surface area contributed by atoms with Crippen LogP contribution in [0.25, 0.3) is 0 Å². The van der Waals surface area contributed by atoms with E-state index in [-0.39, 0.29) is 6.42 Å². The van der Waals surface area contributed by atoms with E-state index in [0.717, 1.165) is 19.3 Å². The first-order valence-electron chi connectivity index (χ1n) is 5.60. The van der Waals surface area contributed by atoms with E-state index in [4.69, 9.17) is 5.11 Å². The van der Waals surface area contributed by atoms with E-state index in [1.54, 1.807) is 6.08 Å². The van der Waals surface area contributed by atoms with Gasteiger partial charge in [-0.15, -0.1) is 0 Å². The van der Waals surface area contributed by atoms with Crippen LogP contribution in [0.15, 0.2) is 42.0 Å². The average Bonchev–Trinajstić information content (AvgIpc) is 2.28. The minimum atomic E-state index is -0.762. The van der Waals surface area contributed by atoms with Crippen molar-refractivity contribution in [2.45, 2.75) is 32.6 Å². The molecule has 0 saturated carbocycles. The third-order valence-corrected chi connectivity index (χ3v) is 2.50. The summed E-state index contributed by atoms with van der Waals surface area (Å²) in [5, 5.41) is 8.52. The van der Waals surface area contributed by atoms with Gasteiger partial charge in [-0.3, -0.25) is 4.79 Å². The van der Waals surface area contributed by atoms with Crippen LogP contribution < -0.4 is 0 Å². The Morgan fingerprint density at radius 1 is 1.31 bits per heavy atom. The minimum absolute atomic E-state index is 0.136. The SMILES string of the molecule is C/C(=C\CC(=O)O)CCCc1ccccc1. The Balaban J connectivity index is 2.25. The smallest absolute Gasteiger partial charge is 0.307 e. The number of aryl methyl sites for hydroxylation is 1. The van der Waals surface area contributed by atoms with E-state index in [0.29, 0.717) is 0 Å². The fourth-order valence-electron chi connectivity index (χ4n) is 1.58. The third-order valence-electron chi connectivity index (χ3n) is 2.50. The van der Waals surface area contributed by atoms with Gasteiger partial charge in [0.25, 0.3) is 0 Å². The van der Waals surface area contributed by atoms with Crippen LogP contribution in [0.4, 0.5) is 0 Å². The molecule has 0 radical (unpaired) electrons. The molecule has 0 aliphatic heterocycles. The molecule has 0 heterocycles. The molecule has 16 heavy (non-hydrogen) atoms. The lowest BCUT2D eigenvalue weighted by atomic mass is 10.0. The van der Waals surface area contributed by atoms with Crippen LogP contribution in [-0.2, 0) is 11.2 Å². The average molecular weight is 218 g/mol. The van der Waals surface area contributed by atoms with Crippen molar-refractivity contribution in [3.63, 3.8) is 0 Å². The summed E-state index contributed by atoms with van der Waals surface area (Å²) < 4.78 is 0. The Morgan fingerprint density at radius 2 is 2.00 bits per heavy atom. The molecule has 0 bridgehead atoms. The topological polar surface area (TPSA) is 37.3 Å². The number of aliphatic carboxylic acids is 1. The van der Waals surface area contributed by atoms with Crippen LogP contribution in [0.5, 0.6) is 0 Å². The van der Waals surface area contributed by atoms with Crippen LogP contribution in [0.2, 0.25) is 0 Å². The van der Waals surface area contributed by atoms with Gasteiger partial charge in [0.1, 0.15) is 0 Å². The minimum Gasteiger partial charge on any atom is -0.481 e. The van der Waals surface area contributed by atoms with Gasteiger partial charge in [0.2, 0.25) is 0 Å². The van der Waals surface area contributed by atoms with Crippen molar-refractivity contribution < 1.29 is 9.90 Å². The molecule has 0 aliphatic carbocycles. The normalized spacial score (nSPS) is 11.4. The van der Waals surface area contributed by atoms with Gasteiger partial charge in [0.05, 0.1) is 6.42 Å². The summed E-state index contributed by atoms with van der Waals surface area (Å²) in [6.45, 7) is 1.99. The van der Waals surface area contributed by atoms with Crippen LogP contribution in [0, 0.1) is 0 Å². The Labute approximate surface area is 96.6 Å². The molecule has 0 aliphatic rings. The Kier molecular flexibility index (Phi) is 5.34. The molecule has 1 N–H and O–H groups in total. The van der Waals surface area contributed by atoms with E-state index in [9.17, 15) is 4.79 Å². The summed E-state index contributed by atoms with van der Waals surface area (Å²) in [5.41, 5.74) is 2.51. The summed E-state index contributed by atoms with van der Waals surface area (Å²) in [4.78, 5) is 10.4. The van der Waals surface area contributed by atoms with Gasteiger partial charge in [-0.2, -0.15) is 0 Å². The molecular weight excluding hydrogens is 200 g/mol. The van der Waals surface area contributed by atoms with Crippen molar-refractivity contribution in [2.24, 2.45) is 0 Å². The van der Waals surface area contributed by atoms with Crippen molar-refractivity contribution in [3.05, 3.63) is 47.5 Å². The van der Waals surface area contributed by atoms with Crippen molar-refractivity contribution >= 4 is 5.97 Å². The number of hydrogen-bond donors (Lipinski definition) is 1. The van der Waals surface area contributed by atoms with Crippen LogP contribution in [0.3, 0.4) is 0 Å². The first-order valence-corrected chi connectivity index (χ1v) is 5.60. The predicted octanol–water partition coefficient (Wildman–Crippen LogP) is 3.43. The molecule has 86 valence electrons. The maximum Gasteiger partial charge on any atom is 0.307 e. The van der Waals surface area contributed by atoms with Gasteiger partial charge in [-0.25, -0.2) is 0 Å². The van der Waals surface area contributed by atoms with E-state index >= 15 is 0 Å². The molecule has 0 aromatic heterocycles. The lowest BCUT2D eigenvalue weighted by molar-refractivity contribution is -0.136. The number of carboxylic acid groups (broad SMARTS) is 1. The van der Waals surface area contributed by atoms with Gasteiger partial charge < -0.3 is 5.11 Å². The number of allylic oxidation sites excluding steroid dienone is 1. The highest BCUT2D eigenvalue weighted by Gasteiger charge is 1.96. The van der Waals surface area contributed by atoms with Crippen molar-refractivity contribution in [2.75, 3.05) is 0 Å². The number of carboxylic acids is 1. The molecule has 0 spiro atoms. The fourth-order valence-corrected chi connectivity index (χ4v) is 1.58. The Hall–Kier alpha value is -1.57. The van der Waals surface area contributed by atoms with Gasteiger partial charge in [0, 0.05) is 0 Å². The summed E-state index contributed by atoms with van der Waals surface area (Å²) >= 11 is 0. The zero-order valence-corrected chi connectivity index (χ0v) is 9.65. The predicted molar refractivity (Wildman–Crippen MR) is 65.4 cm³/mol. The highest BCUT2D eigenvalue weighted by atomic mass is 16.4. The first-order chi connectivity index (χ1) is 7.68. The van der Waals surface area contributed by atoms with Gasteiger partial charge in [0.15, 0.2) is 0 Å². The van der Waals surface area contributed by atoms with Crippen LogP contribution >= 0.6 is 0 Å². The summed E-state index contributed by atoms with van der Waals surface area (Å²) in [5.74, 6) is -0.762. The van der Waals surface area contributed by atoms with E-state index in [2.05, 4.69) is 12.1 Å². The van der Waals surface area contributed by atoms with Crippen LogP contribution in [0.1, 0.15) is 31.7 Å². The second-order valence-electron chi connectivity index (χ2n) is 3.99. The molecule has 2 heteroatoms. The summed E-state index contributed by atoms with van der Waals surface area (Å²) in [6.07, 6.45) is 5.04. The second-order valence-corrected chi connectivity index (χ2v) is 3.99. The molecule has 2 nitrogen and oxygen atoms in total. The van der Waals surface area contributed by atoms with E-state index < -0.39 is 5.97 Å². The number of hydrogen-bond acceptors (Lipinski definition) is 1. The molecule has 0 atom stereocenters. The van der Waals surface area contributed by atoms with Crippen LogP contribution in [-0.4, -0.2) is 11.1 Å². The highest BCUT2D eigenvalue weighted by molar-refractivity contribution is 5.68. The van der Waals surface area contributed by atoms with E-state index in [1.807, 2.05) is 25.1 Å². The quantitative estimate of drug-likeness (QED) is 0.743. The second kappa shape index (κ2) is 6.83. The zero-order chi connectivity index (χ0) is 11.8. The van der Waals surface area contributed by atoms with Crippen molar-refractivity contribution in [1.82, 2.24) is 0 Å². The molecule has 1 rings (SSSR count). The van der Waals surface area contributed by atoms with Gasteiger partial charge in [-0.05, 0) is 31.7 Å². The number of benzene rings is 1. The Morgan fingerprint density at radius 3 is 2.62 bits per heavy atom. The largest absolute Gasteiger partial charge is 0.481 e. The van der Waals surface area contributed by atoms with Crippen molar-refractivity contribution in [3.8, 4) is 0 Å². The number of carbonyl (C=O) groups is 1. The van der Waals surface area contributed by atoms with Gasteiger partial charge in [-0.1, -0.05) is 42.0 Å². The summed E-state index contributed by atoms with van der Waals surface area (Å²) in [7, 11) is 0. The van der Waals surface area contributed by atoms with E-state index in [1.165, 1.54) is 11.1 Å². The fraction of sp³-hybridized carbons (Fsp3) is 0.357. The first kappa shape index (κ1) is 12.5. The molecule has 0 saturated heterocycles. The van der Waals surface area contributed by atoms with Gasteiger partial charge >= 0.3 is 5.97 Å². The number of rotatable bonds is 6. The summed E-state index contributed by atoms with van der Waals surface area (Å²) in [6, 6.07) is 10.3. The highest BCUT2D eigenvalue weighted by Crippen LogP contribution is 2.10. The molecule has 1 aromatic rings. The molecule has 0 fully saturated rings. The maximum absolute atomic E-state index is 10.4.